The third-order valence-corrected chi connectivity index (χ3v) is 2.48. The van der Waals surface area contributed by atoms with Gasteiger partial charge >= 0.3 is 0 Å². The van der Waals surface area contributed by atoms with Crippen molar-refractivity contribution in [3.63, 3.8) is 0 Å². The molecule has 2 heteroatoms. The second-order valence-electron chi connectivity index (χ2n) is 2.11. The summed E-state index contributed by atoms with van der Waals surface area (Å²) in [5, 5.41) is 0.815. The molecule has 1 aromatic rings. The summed E-state index contributed by atoms with van der Waals surface area (Å²) in [7, 11) is 0. The van der Waals surface area contributed by atoms with Gasteiger partial charge in [0.1, 0.15) is 0 Å². The largest absolute Gasteiger partial charge is 0.129 e. The second kappa shape index (κ2) is 3.31. The Morgan fingerprint density at radius 2 is 2.10 bits per heavy atom. The Labute approximate surface area is 70.6 Å². The molecule has 0 aromatic heterocycles. The molecule has 0 nitrogen and oxygen atoms in total. The summed E-state index contributed by atoms with van der Waals surface area (Å²) in [6.07, 6.45) is 2.05. The van der Waals surface area contributed by atoms with Gasteiger partial charge in [-0.2, -0.15) is 0 Å². The first-order chi connectivity index (χ1) is 4.74. The van der Waals surface area contributed by atoms with Gasteiger partial charge in [-0.15, -0.1) is 11.8 Å². The van der Waals surface area contributed by atoms with Crippen molar-refractivity contribution in [2.75, 3.05) is 6.26 Å². The third kappa shape index (κ3) is 1.68. The monoisotopic (exact) mass is 172 g/mol. The highest BCUT2D eigenvalue weighted by Crippen LogP contribution is 2.23. The molecule has 0 heterocycles. The molecule has 0 saturated heterocycles. The summed E-state index contributed by atoms with van der Waals surface area (Å²) < 4.78 is 0. The molecule has 0 bridgehead atoms. The van der Waals surface area contributed by atoms with E-state index in [2.05, 4.69) is 13.2 Å². The van der Waals surface area contributed by atoms with Gasteiger partial charge in [-0.3, -0.25) is 0 Å². The molecule has 0 aliphatic carbocycles. The highest BCUT2D eigenvalue weighted by atomic mass is 35.5. The van der Waals surface area contributed by atoms with Crippen LogP contribution in [0.1, 0.15) is 5.56 Å². The normalized spacial score (nSPS) is 9.90. The van der Waals surface area contributed by atoms with Crippen molar-refractivity contribution >= 4 is 23.4 Å². The Balaban J connectivity index is 3.09. The van der Waals surface area contributed by atoms with Crippen LogP contribution < -0.4 is 0 Å². The van der Waals surface area contributed by atoms with Crippen LogP contribution in [0.15, 0.2) is 23.1 Å². The molecule has 0 aliphatic rings. The lowest BCUT2D eigenvalue weighted by Gasteiger charge is -2.00. The van der Waals surface area contributed by atoms with Crippen LogP contribution in [0.25, 0.3) is 0 Å². The Bertz CT molecular complexity index is 233. The number of aryl methyl sites for hydroxylation is 1. The Kier molecular flexibility index (Phi) is 2.64. The van der Waals surface area contributed by atoms with Gasteiger partial charge in [-0.05, 0) is 30.9 Å². The summed E-state index contributed by atoms with van der Waals surface area (Å²) in [5.41, 5.74) is 1.29. The molecule has 0 atom stereocenters. The van der Waals surface area contributed by atoms with Gasteiger partial charge < -0.3 is 0 Å². The smallest absolute Gasteiger partial charge is 0.0417 e. The molecule has 10 heavy (non-hydrogen) atoms. The molecule has 0 fully saturated rings. The van der Waals surface area contributed by atoms with Gasteiger partial charge in [0, 0.05) is 9.92 Å². The van der Waals surface area contributed by atoms with E-state index in [1.807, 2.05) is 18.2 Å². The fraction of sp³-hybridized carbons (Fsp3) is 0.250. The molecule has 0 amide bonds. The van der Waals surface area contributed by atoms with Gasteiger partial charge in [-0.1, -0.05) is 17.7 Å². The van der Waals surface area contributed by atoms with Gasteiger partial charge in [-0.25, -0.2) is 0 Å². The number of rotatable bonds is 1. The zero-order valence-corrected chi connectivity index (χ0v) is 7.59. The van der Waals surface area contributed by atoms with Crippen LogP contribution in [0, 0.1) is 6.92 Å². The Morgan fingerprint density at radius 3 is 2.60 bits per heavy atom. The summed E-state index contributed by atoms with van der Waals surface area (Å²) >= 11 is 7.51. The van der Waals surface area contributed by atoms with E-state index in [4.69, 9.17) is 11.6 Å². The van der Waals surface area contributed by atoms with E-state index in [9.17, 15) is 0 Å². The first-order valence-electron chi connectivity index (χ1n) is 3.04. The number of thioether (sulfide) groups is 1. The third-order valence-electron chi connectivity index (χ3n) is 1.37. The molecule has 54 valence electrons. The minimum absolute atomic E-state index is 0.815. The summed E-state index contributed by atoms with van der Waals surface area (Å²) in [4.78, 5) is 1.26. The molecule has 0 aliphatic heterocycles. The van der Waals surface area contributed by atoms with Gasteiger partial charge in [0.15, 0.2) is 0 Å². The van der Waals surface area contributed by atoms with Crippen LogP contribution in [0.5, 0.6) is 0 Å². The average Bonchev–Trinajstić information content (AvgIpc) is 1.94. The van der Waals surface area contributed by atoms with Crippen LogP contribution >= 0.6 is 23.4 Å². The maximum Gasteiger partial charge on any atom is 0.0417 e. The molecule has 0 radical (unpaired) electrons. The van der Waals surface area contributed by atoms with E-state index < -0.39 is 0 Å². The fourth-order valence-corrected chi connectivity index (χ4v) is 1.67. The fourth-order valence-electron chi connectivity index (χ4n) is 0.794. The highest BCUT2D eigenvalue weighted by Gasteiger charge is 1.95. The second-order valence-corrected chi connectivity index (χ2v) is 3.40. The Morgan fingerprint density at radius 1 is 1.40 bits per heavy atom. The van der Waals surface area contributed by atoms with Crippen molar-refractivity contribution in [1.29, 1.82) is 0 Å². The molecule has 0 unspecified atom stereocenters. The van der Waals surface area contributed by atoms with Crippen LogP contribution in [-0.4, -0.2) is 6.26 Å². The minimum Gasteiger partial charge on any atom is -0.129 e. The van der Waals surface area contributed by atoms with Crippen molar-refractivity contribution in [1.82, 2.24) is 0 Å². The van der Waals surface area contributed by atoms with E-state index >= 15 is 0 Å². The minimum atomic E-state index is 0.815. The first kappa shape index (κ1) is 7.96. The maximum absolute atomic E-state index is 5.78. The van der Waals surface area contributed by atoms with Gasteiger partial charge in [0.2, 0.25) is 0 Å². The van der Waals surface area contributed by atoms with Crippen molar-refractivity contribution in [3.8, 4) is 0 Å². The summed E-state index contributed by atoms with van der Waals surface area (Å²) in [5.74, 6) is 0. The van der Waals surface area contributed by atoms with Crippen molar-refractivity contribution < 1.29 is 0 Å². The molecule has 1 aromatic carbocycles. The lowest BCUT2D eigenvalue weighted by Crippen LogP contribution is -1.76. The lowest BCUT2D eigenvalue weighted by molar-refractivity contribution is 1.31. The summed E-state index contributed by atoms with van der Waals surface area (Å²) in [6, 6.07) is 5.94. The highest BCUT2D eigenvalue weighted by molar-refractivity contribution is 7.98. The molecule has 0 spiro atoms. The quantitative estimate of drug-likeness (QED) is 0.586. The van der Waals surface area contributed by atoms with E-state index in [1.54, 1.807) is 11.8 Å². The van der Waals surface area contributed by atoms with E-state index in [-0.39, 0.29) is 0 Å². The van der Waals surface area contributed by atoms with Gasteiger partial charge in [0.25, 0.3) is 0 Å². The van der Waals surface area contributed by atoms with Crippen LogP contribution in [0.4, 0.5) is 0 Å². The van der Waals surface area contributed by atoms with E-state index in [0.717, 1.165) is 5.02 Å². The molecule has 0 saturated carbocycles. The van der Waals surface area contributed by atoms with Crippen molar-refractivity contribution in [3.05, 3.63) is 28.8 Å². The molecule has 1 rings (SSSR count). The number of hydrogen-bond donors (Lipinski definition) is 0. The summed E-state index contributed by atoms with van der Waals surface area (Å²) in [6.45, 7) is 2.09. The Hall–Kier alpha value is -0.140. The van der Waals surface area contributed by atoms with Crippen molar-refractivity contribution in [2.45, 2.75) is 11.8 Å². The average molecular weight is 173 g/mol. The topological polar surface area (TPSA) is 0 Å². The van der Waals surface area contributed by atoms with Crippen LogP contribution in [0.2, 0.25) is 5.02 Å². The lowest BCUT2D eigenvalue weighted by atomic mass is 10.2. The predicted molar refractivity (Wildman–Crippen MR) is 48.0 cm³/mol. The van der Waals surface area contributed by atoms with Crippen LogP contribution in [0.3, 0.4) is 0 Å². The standard InChI is InChI=1S/C8H9ClS/c1-6-3-4-7(9)5-8(6)10-2/h3-5H,1-2H3. The molecule has 0 N–H and O–H groups in total. The number of hydrogen-bond acceptors (Lipinski definition) is 1. The SMILES string of the molecule is CSc1cc(Cl)ccc1C. The molecular weight excluding hydrogens is 164 g/mol. The van der Waals surface area contributed by atoms with E-state index in [1.165, 1.54) is 10.5 Å². The number of halogens is 1. The van der Waals surface area contributed by atoms with E-state index in [0.29, 0.717) is 0 Å². The predicted octanol–water partition coefficient (Wildman–Crippen LogP) is 3.37. The zero-order chi connectivity index (χ0) is 7.56. The first-order valence-corrected chi connectivity index (χ1v) is 4.64. The molecular formula is C8H9ClS. The van der Waals surface area contributed by atoms with Crippen molar-refractivity contribution in [2.24, 2.45) is 0 Å². The van der Waals surface area contributed by atoms with Crippen LogP contribution in [-0.2, 0) is 0 Å². The number of benzene rings is 1. The zero-order valence-electron chi connectivity index (χ0n) is 6.02. The maximum atomic E-state index is 5.78. The van der Waals surface area contributed by atoms with Gasteiger partial charge in [0.05, 0.1) is 0 Å².